The lowest BCUT2D eigenvalue weighted by Gasteiger charge is -2.14. The van der Waals surface area contributed by atoms with Gasteiger partial charge in [0, 0.05) is 31.3 Å². The molecule has 2 amide bonds. The van der Waals surface area contributed by atoms with Crippen LogP contribution in [0.25, 0.3) is 0 Å². The zero-order valence-corrected chi connectivity index (χ0v) is 9.69. The Morgan fingerprint density at radius 3 is 2.88 bits per heavy atom. The highest BCUT2D eigenvalue weighted by Crippen LogP contribution is 1.98. The molecular formula is C10H17N5O2. The predicted octanol–water partition coefficient (Wildman–Crippen LogP) is -1.47. The van der Waals surface area contributed by atoms with Crippen molar-refractivity contribution in [1.82, 2.24) is 20.6 Å². The Bertz CT molecular complexity index is 363. The van der Waals surface area contributed by atoms with Crippen LogP contribution in [0, 0.1) is 0 Å². The van der Waals surface area contributed by atoms with Crippen molar-refractivity contribution < 1.29 is 9.59 Å². The standard InChI is InChI=1S/C10H17N5O2/c1-12-3-2-9(16)15-8(10(11)17)4-7-5-13-6-14-7/h5-6,8,12H,2-4H2,1H3,(H2,11,17)(H,13,14)(H,15,16). The minimum absolute atomic E-state index is 0.206. The van der Waals surface area contributed by atoms with Crippen LogP contribution in [-0.4, -0.2) is 41.4 Å². The Kier molecular flexibility index (Phi) is 5.15. The van der Waals surface area contributed by atoms with E-state index in [9.17, 15) is 9.59 Å². The molecule has 1 heterocycles. The summed E-state index contributed by atoms with van der Waals surface area (Å²) in [5, 5.41) is 5.44. The molecule has 0 saturated heterocycles. The van der Waals surface area contributed by atoms with Gasteiger partial charge in [0.15, 0.2) is 0 Å². The Labute approximate surface area is 99.2 Å². The number of amides is 2. The normalized spacial score (nSPS) is 12.1. The van der Waals surface area contributed by atoms with E-state index in [1.807, 2.05) is 0 Å². The highest BCUT2D eigenvalue weighted by Gasteiger charge is 2.18. The third-order valence-electron chi connectivity index (χ3n) is 2.26. The second kappa shape index (κ2) is 6.64. The summed E-state index contributed by atoms with van der Waals surface area (Å²) >= 11 is 0. The summed E-state index contributed by atoms with van der Waals surface area (Å²) in [5.41, 5.74) is 5.98. The van der Waals surface area contributed by atoms with Crippen LogP contribution in [0.1, 0.15) is 12.1 Å². The van der Waals surface area contributed by atoms with Crippen molar-refractivity contribution >= 4 is 11.8 Å². The molecule has 5 N–H and O–H groups in total. The molecule has 0 aliphatic rings. The van der Waals surface area contributed by atoms with Gasteiger partial charge in [0.1, 0.15) is 6.04 Å². The Morgan fingerprint density at radius 2 is 2.35 bits per heavy atom. The zero-order chi connectivity index (χ0) is 12.7. The van der Waals surface area contributed by atoms with E-state index in [2.05, 4.69) is 20.6 Å². The summed E-state index contributed by atoms with van der Waals surface area (Å²) < 4.78 is 0. The van der Waals surface area contributed by atoms with Gasteiger partial charge in [-0.25, -0.2) is 4.98 Å². The number of carbonyl (C=O) groups excluding carboxylic acids is 2. The highest BCUT2D eigenvalue weighted by molar-refractivity contribution is 5.86. The van der Waals surface area contributed by atoms with Crippen LogP contribution < -0.4 is 16.4 Å². The SMILES string of the molecule is CNCCC(=O)NC(Cc1cnc[nH]1)C(N)=O. The third-order valence-corrected chi connectivity index (χ3v) is 2.26. The fraction of sp³-hybridized carbons (Fsp3) is 0.500. The second-order valence-corrected chi connectivity index (χ2v) is 3.66. The molecule has 17 heavy (non-hydrogen) atoms. The van der Waals surface area contributed by atoms with Gasteiger partial charge in [-0.1, -0.05) is 0 Å². The molecule has 1 atom stereocenters. The molecular weight excluding hydrogens is 222 g/mol. The molecule has 1 aromatic heterocycles. The molecule has 1 unspecified atom stereocenters. The summed E-state index contributed by atoms with van der Waals surface area (Å²) in [7, 11) is 1.75. The van der Waals surface area contributed by atoms with Crippen LogP contribution in [-0.2, 0) is 16.0 Å². The molecule has 0 radical (unpaired) electrons. The van der Waals surface area contributed by atoms with Crippen molar-refractivity contribution in [3.05, 3.63) is 18.2 Å². The van der Waals surface area contributed by atoms with Gasteiger partial charge in [0.2, 0.25) is 11.8 Å². The summed E-state index contributed by atoms with van der Waals surface area (Å²) in [6.45, 7) is 0.557. The molecule has 0 spiro atoms. The predicted molar refractivity (Wildman–Crippen MR) is 62.0 cm³/mol. The van der Waals surface area contributed by atoms with Crippen LogP contribution >= 0.6 is 0 Å². The number of aromatic nitrogens is 2. The topological polar surface area (TPSA) is 113 Å². The zero-order valence-electron chi connectivity index (χ0n) is 9.69. The van der Waals surface area contributed by atoms with Crippen molar-refractivity contribution in [3.63, 3.8) is 0 Å². The van der Waals surface area contributed by atoms with E-state index in [1.165, 1.54) is 6.33 Å². The lowest BCUT2D eigenvalue weighted by Crippen LogP contribution is -2.46. The van der Waals surface area contributed by atoms with E-state index in [0.717, 1.165) is 5.69 Å². The van der Waals surface area contributed by atoms with Gasteiger partial charge in [0.25, 0.3) is 0 Å². The van der Waals surface area contributed by atoms with Gasteiger partial charge in [-0.3, -0.25) is 9.59 Å². The molecule has 0 bridgehead atoms. The molecule has 7 nitrogen and oxygen atoms in total. The van der Waals surface area contributed by atoms with Crippen LogP contribution in [0.15, 0.2) is 12.5 Å². The largest absolute Gasteiger partial charge is 0.368 e. The number of nitrogens with zero attached hydrogens (tertiary/aromatic N) is 1. The number of aromatic amines is 1. The Morgan fingerprint density at radius 1 is 1.59 bits per heavy atom. The number of nitrogens with two attached hydrogens (primary N) is 1. The lowest BCUT2D eigenvalue weighted by molar-refractivity contribution is -0.127. The number of rotatable bonds is 7. The Balaban J connectivity index is 2.49. The first-order chi connectivity index (χ1) is 8.13. The molecule has 0 saturated carbocycles. The minimum Gasteiger partial charge on any atom is -0.368 e. The fourth-order valence-electron chi connectivity index (χ4n) is 1.34. The average Bonchev–Trinajstić information content (AvgIpc) is 2.78. The van der Waals surface area contributed by atoms with E-state index >= 15 is 0 Å². The average molecular weight is 239 g/mol. The molecule has 0 aliphatic carbocycles. The Hall–Kier alpha value is -1.89. The fourth-order valence-corrected chi connectivity index (χ4v) is 1.34. The number of H-pyrrole nitrogens is 1. The molecule has 1 aromatic rings. The monoisotopic (exact) mass is 239 g/mol. The number of hydrogen-bond donors (Lipinski definition) is 4. The van der Waals surface area contributed by atoms with Crippen LogP contribution in [0.4, 0.5) is 0 Å². The van der Waals surface area contributed by atoms with Crippen LogP contribution in [0.5, 0.6) is 0 Å². The van der Waals surface area contributed by atoms with Gasteiger partial charge in [-0.2, -0.15) is 0 Å². The smallest absolute Gasteiger partial charge is 0.240 e. The summed E-state index contributed by atoms with van der Waals surface area (Å²) in [4.78, 5) is 29.3. The maximum Gasteiger partial charge on any atom is 0.240 e. The number of nitrogens with one attached hydrogen (secondary N) is 3. The van der Waals surface area contributed by atoms with Gasteiger partial charge >= 0.3 is 0 Å². The van der Waals surface area contributed by atoms with Gasteiger partial charge < -0.3 is 21.4 Å². The number of imidazole rings is 1. The number of primary amides is 1. The van der Waals surface area contributed by atoms with E-state index in [0.29, 0.717) is 19.4 Å². The van der Waals surface area contributed by atoms with E-state index in [1.54, 1.807) is 13.2 Å². The first-order valence-corrected chi connectivity index (χ1v) is 5.34. The third kappa shape index (κ3) is 4.64. The quantitative estimate of drug-likeness (QED) is 0.465. The number of carbonyl (C=O) groups is 2. The van der Waals surface area contributed by atoms with Crippen molar-refractivity contribution in [1.29, 1.82) is 0 Å². The van der Waals surface area contributed by atoms with Crippen molar-refractivity contribution in [3.8, 4) is 0 Å². The van der Waals surface area contributed by atoms with Gasteiger partial charge in [0.05, 0.1) is 6.33 Å². The van der Waals surface area contributed by atoms with E-state index < -0.39 is 11.9 Å². The molecule has 0 aromatic carbocycles. The van der Waals surface area contributed by atoms with Crippen LogP contribution in [0.3, 0.4) is 0 Å². The second-order valence-electron chi connectivity index (χ2n) is 3.66. The molecule has 7 heteroatoms. The minimum atomic E-state index is -0.709. The highest BCUT2D eigenvalue weighted by atomic mass is 16.2. The first kappa shape index (κ1) is 13.2. The summed E-state index contributed by atoms with van der Waals surface area (Å²) in [6, 6.07) is -0.709. The van der Waals surface area contributed by atoms with E-state index in [-0.39, 0.29) is 5.91 Å². The van der Waals surface area contributed by atoms with Crippen molar-refractivity contribution in [2.45, 2.75) is 18.9 Å². The molecule has 94 valence electrons. The molecule has 1 rings (SSSR count). The van der Waals surface area contributed by atoms with Gasteiger partial charge in [-0.05, 0) is 7.05 Å². The number of hydrogen-bond acceptors (Lipinski definition) is 4. The van der Waals surface area contributed by atoms with E-state index in [4.69, 9.17) is 5.73 Å². The first-order valence-electron chi connectivity index (χ1n) is 5.34. The lowest BCUT2D eigenvalue weighted by atomic mass is 10.1. The van der Waals surface area contributed by atoms with Crippen molar-refractivity contribution in [2.75, 3.05) is 13.6 Å². The van der Waals surface area contributed by atoms with Gasteiger partial charge in [-0.15, -0.1) is 0 Å². The maximum atomic E-state index is 11.5. The van der Waals surface area contributed by atoms with Crippen molar-refractivity contribution in [2.24, 2.45) is 5.73 Å². The summed E-state index contributed by atoms with van der Waals surface area (Å²) in [5.74, 6) is -0.764. The van der Waals surface area contributed by atoms with Crippen LogP contribution in [0.2, 0.25) is 0 Å². The maximum absolute atomic E-state index is 11.5. The summed E-state index contributed by atoms with van der Waals surface area (Å²) in [6.07, 6.45) is 3.73. The molecule has 0 fully saturated rings. The molecule has 0 aliphatic heterocycles.